The molecule has 0 aliphatic carbocycles. The standard InChI is InChI=1S/C15H19NO5S2/c1-23(20,21)14-10-22-9-8-16(14)13(17)7-4-11-2-5-12(6-3-11)15(18)19/h2-3,5-6,14H,4,7-10H2,1H3,(H,18,19). The minimum absolute atomic E-state index is 0.178. The number of carboxylic acid groups (broad SMARTS) is 1. The minimum atomic E-state index is -3.30. The maximum absolute atomic E-state index is 12.4. The Morgan fingerprint density at radius 1 is 1.30 bits per heavy atom. The van der Waals surface area contributed by atoms with Crippen molar-refractivity contribution >= 4 is 33.5 Å². The average Bonchev–Trinajstić information content (AvgIpc) is 2.52. The van der Waals surface area contributed by atoms with Gasteiger partial charge in [-0.25, -0.2) is 13.2 Å². The molecule has 0 aromatic heterocycles. The van der Waals surface area contributed by atoms with Gasteiger partial charge >= 0.3 is 5.97 Å². The summed E-state index contributed by atoms with van der Waals surface area (Å²) in [5.41, 5.74) is 1.05. The molecule has 8 heteroatoms. The van der Waals surface area contributed by atoms with Gasteiger partial charge in [0.25, 0.3) is 0 Å². The molecule has 126 valence electrons. The molecule has 1 fully saturated rings. The van der Waals surface area contributed by atoms with E-state index in [0.29, 0.717) is 18.7 Å². The lowest BCUT2D eigenvalue weighted by Crippen LogP contribution is -2.49. The number of hydrogen-bond donors (Lipinski definition) is 1. The second-order valence-corrected chi connectivity index (χ2v) is 8.80. The van der Waals surface area contributed by atoms with Gasteiger partial charge in [0.1, 0.15) is 5.37 Å². The topological polar surface area (TPSA) is 91.8 Å². The predicted molar refractivity (Wildman–Crippen MR) is 89.4 cm³/mol. The van der Waals surface area contributed by atoms with Crippen molar-refractivity contribution in [2.75, 3.05) is 24.3 Å². The number of sulfone groups is 1. The van der Waals surface area contributed by atoms with Gasteiger partial charge in [0.05, 0.1) is 5.56 Å². The highest BCUT2D eigenvalue weighted by atomic mass is 32.2. The van der Waals surface area contributed by atoms with E-state index in [2.05, 4.69) is 0 Å². The molecular formula is C15H19NO5S2. The molecule has 1 heterocycles. The first-order chi connectivity index (χ1) is 10.8. The van der Waals surface area contributed by atoms with Gasteiger partial charge in [-0.05, 0) is 24.1 Å². The van der Waals surface area contributed by atoms with Crippen LogP contribution in [0.5, 0.6) is 0 Å². The van der Waals surface area contributed by atoms with Crippen molar-refractivity contribution in [2.45, 2.75) is 18.2 Å². The van der Waals surface area contributed by atoms with Crippen LogP contribution in [0.4, 0.5) is 0 Å². The number of aromatic carboxylic acids is 1. The SMILES string of the molecule is CS(=O)(=O)C1CSCCN1C(=O)CCc1ccc(C(=O)O)cc1. The third-order valence-electron chi connectivity index (χ3n) is 3.73. The zero-order valence-electron chi connectivity index (χ0n) is 12.8. The van der Waals surface area contributed by atoms with Crippen LogP contribution in [0.3, 0.4) is 0 Å². The summed E-state index contributed by atoms with van der Waals surface area (Å²) in [5.74, 6) is -0.0133. The van der Waals surface area contributed by atoms with E-state index in [4.69, 9.17) is 5.11 Å². The van der Waals surface area contributed by atoms with Gasteiger partial charge in [0.15, 0.2) is 9.84 Å². The molecule has 0 spiro atoms. The summed E-state index contributed by atoms with van der Waals surface area (Å²) in [6.07, 6.45) is 1.83. The molecular weight excluding hydrogens is 338 g/mol. The van der Waals surface area contributed by atoms with Crippen LogP contribution in [0, 0.1) is 0 Å². The lowest BCUT2D eigenvalue weighted by atomic mass is 10.1. The molecule has 1 aromatic rings. The molecule has 1 saturated heterocycles. The fraction of sp³-hybridized carbons (Fsp3) is 0.467. The molecule has 1 atom stereocenters. The highest BCUT2D eigenvalue weighted by Crippen LogP contribution is 2.21. The largest absolute Gasteiger partial charge is 0.478 e. The highest BCUT2D eigenvalue weighted by Gasteiger charge is 2.33. The summed E-state index contributed by atoms with van der Waals surface area (Å²) >= 11 is 1.54. The van der Waals surface area contributed by atoms with E-state index in [9.17, 15) is 18.0 Å². The number of carboxylic acids is 1. The van der Waals surface area contributed by atoms with Gasteiger partial charge in [0, 0.05) is 30.7 Å². The van der Waals surface area contributed by atoms with Crippen LogP contribution in [-0.2, 0) is 21.1 Å². The first kappa shape index (κ1) is 17.8. The number of amides is 1. The molecule has 1 aliphatic heterocycles. The second-order valence-electron chi connectivity index (χ2n) is 5.45. The quantitative estimate of drug-likeness (QED) is 0.853. The van der Waals surface area contributed by atoms with Crippen LogP contribution >= 0.6 is 11.8 Å². The summed E-state index contributed by atoms with van der Waals surface area (Å²) in [4.78, 5) is 24.6. The normalized spacial score (nSPS) is 18.7. The Balaban J connectivity index is 1.99. The molecule has 0 bridgehead atoms. The smallest absolute Gasteiger partial charge is 0.335 e. The lowest BCUT2D eigenvalue weighted by Gasteiger charge is -2.34. The number of thioether (sulfide) groups is 1. The van der Waals surface area contributed by atoms with Gasteiger partial charge in [-0.2, -0.15) is 11.8 Å². The first-order valence-corrected chi connectivity index (χ1v) is 10.3. The fourth-order valence-electron chi connectivity index (χ4n) is 2.43. The molecule has 1 aliphatic rings. The van der Waals surface area contributed by atoms with E-state index >= 15 is 0 Å². The number of carbonyl (C=O) groups excluding carboxylic acids is 1. The second kappa shape index (κ2) is 7.35. The Bertz CT molecular complexity index is 684. The summed E-state index contributed by atoms with van der Waals surface area (Å²) in [5, 5.41) is 8.10. The number of carbonyl (C=O) groups is 2. The molecule has 1 N–H and O–H groups in total. The van der Waals surface area contributed by atoms with E-state index in [1.54, 1.807) is 23.9 Å². The fourth-order valence-corrected chi connectivity index (χ4v) is 5.27. The molecule has 1 amide bonds. The Hall–Kier alpha value is -1.54. The summed E-state index contributed by atoms with van der Waals surface area (Å²) < 4.78 is 23.6. The molecule has 6 nitrogen and oxygen atoms in total. The van der Waals surface area contributed by atoms with Crippen molar-refractivity contribution in [3.8, 4) is 0 Å². The third-order valence-corrected chi connectivity index (χ3v) is 6.37. The Labute approximate surface area is 139 Å². The van der Waals surface area contributed by atoms with E-state index in [0.717, 1.165) is 17.6 Å². The molecule has 23 heavy (non-hydrogen) atoms. The van der Waals surface area contributed by atoms with Crippen LogP contribution in [0.15, 0.2) is 24.3 Å². The van der Waals surface area contributed by atoms with Crippen LogP contribution < -0.4 is 0 Å². The van der Waals surface area contributed by atoms with Gasteiger partial charge < -0.3 is 10.0 Å². The Morgan fingerprint density at radius 2 is 1.96 bits per heavy atom. The van der Waals surface area contributed by atoms with Crippen LogP contribution in [0.25, 0.3) is 0 Å². The number of rotatable bonds is 5. The molecule has 1 unspecified atom stereocenters. The highest BCUT2D eigenvalue weighted by molar-refractivity contribution is 8.00. The van der Waals surface area contributed by atoms with E-state index in [1.165, 1.54) is 17.0 Å². The molecule has 0 saturated carbocycles. The summed E-state index contributed by atoms with van der Waals surface area (Å²) in [7, 11) is -3.30. The average molecular weight is 357 g/mol. The number of nitrogens with zero attached hydrogens (tertiary/aromatic N) is 1. The summed E-state index contributed by atoms with van der Waals surface area (Å²) in [6.45, 7) is 0.444. The van der Waals surface area contributed by atoms with Gasteiger partial charge in [-0.3, -0.25) is 4.79 Å². The summed E-state index contributed by atoms with van der Waals surface area (Å²) in [6, 6.07) is 6.35. The third kappa shape index (κ3) is 4.71. The zero-order valence-corrected chi connectivity index (χ0v) is 14.4. The van der Waals surface area contributed by atoms with Gasteiger partial charge in [-0.15, -0.1) is 0 Å². The Morgan fingerprint density at radius 3 is 2.52 bits per heavy atom. The van der Waals surface area contributed by atoms with Crippen molar-refractivity contribution < 1.29 is 23.1 Å². The van der Waals surface area contributed by atoms with Gasteiger partial charge in [-0.1, -0.05) is 12.1 Å². The van der Waals surface area contributed by atoms with E-state index in [-0.39, 0.29) is 17.9 Å². The zero-order chi connectivity index (χ0) is 17.0. The minimum Gasteiger partial charge on any atom is -0.478 e. The number of benzene rings is 1. The van der Waals surface area contributed by atoms with E-state index in [1.807, 2.05) is 0 Å². The maximum atomic E-state index is 12.4. The monoisotopic (exact) mass is 357 g/mol. The van der Waals surface area contributed by atoms with Crippen LogP contribution in [0.1, 0.15) is 22.3 Å². The van der Waals surface area contributed by atoms with Crippen molar-refractivity contribution in [3.63, 3.8) is 0 Å². The van der Waals surface area contributed by atoms with Crippen molar-refractivity contribution in [2.24, 2.45) is 0 Å². The number of hydrogen-bond acceptors (Lipinski definition) is 5. The predicted octanol–water partition coefficient (Wildman–Crippen LogP) is 1.26. The van der Waals surface area contributed by atoms with Crippen molar-refractivity contribution in [1.29, 1.82) is 0 Å². The first-order valence-electron chi connectivity index (χ1n) is 7.17. The van der Waals surface area contributed by atoms with Crippen molar-refractivity contribution in [3.05, 3.63) is 35.4 Å². The van der Waals surface area contributed by atoms with Gasteiger partial charge in [0.2, 0.25) is 5.91 Å². The van der Waals surface area contributed by atoms with Crippen LogP contribution in [-0.4, -0.2) is 60.0 Å². The lowest BCUT2D eigenvalue weighted by molar-refractivity contribution is -0.131. The Kier molecular flexibility index (Phi) is 5.69. The van der Waals surface area contributed by atoms with Crippen molar-refractivity contribution in [1.82, 2.24) is 4.90 Å². The maximum Gasteiger partial charge on any atom is 0.335 e. The van der Waals surface area contributed by atoms with Crippen LogP contribution in [0.2, 0.25) is 0 Å². The van der Waals surface area contributed by atoms with E-state index < -0.39 is 21.2 Å². The molecule has 0 radical (unpaired) electrons. The number of aryl methyl sites for hydroxylation is 1. The molecule has 1 aromatic carbocycles. The molecule has 2 rings (SSSR count).